The zero-order chi connectivity index (χ0) is 21.2. The Labute approximate surface area is 173 Å². The Bertz CT molecular complexity index is 977. The third kappa shape index (κ3) is 4.89. The van der Waals surface area contributed by atoms with E-state index in [0.717, 1.165) is 36.2 Å². The first-order chi connectivity index (χ1) is 13.7. The highest BCUT2D eigenvalue weighted by atomic mass is 32.2. The highest BCUT2D eigenvalue weighted by Gasteiger charge is 2.31. The minimum absolute atomic E-state index is 0.0259. The first-order valence-corrected chi connectivity index (χ1v) is 12.1. The lowest BCUT2D eigenvalue weighted by Gasteiger charge is -2.18. The molecule has 158 valence electrons. The van der Waals surface area contributed by atoms with E-state index in [1.165, 1.54) is 5.56 Å². The van der Waals surface area contributed by atoms with E-state index in [-0.39, 0.29) is 23.5 Å². The minimum Gasteiger partial charge on any atom is -0.337 e. The molecule has 0 bridgehead atoms. The van der Waals surface area contributed by atoms with Crippen LogP contribution in [0.2, 0.25) is 0 Å². The van der Waals surface area contributed by atoms with E-state index in [2.05, 4.69) is 12.0 Å². The van der Waals surface area contributed by atoms with Gasteiger partial charge in [-0.1, -0.05) is 25.5 Å². The van der Waals surface area contributed by atoms with Gasteiger partial charge >= 0.3 is 0 Å². The Morgan fingerprint density at radius 3 is 2.52 bits per heavy atom. The van der Waals surface area contributed by atoms with Gasteiger partial charge in [0.2, 0.25) is 0 Å². The summed E-state index contributed by atoms with van der Waals surface area (Å²) in [7, 11) is -1.18. The Kier molecular flexibility index (Phi) is 6.46. The summed E-state index contributed by atoms with van der Waals surface area (Å²) in [5.74, 6) is 0.341. The topological polar surface area (TPSA) is 72.3 Å². The number of sulfone groups is 1. The van der Waals surface area contributed by atoms with E-state index < -0.39 is 9.84 Å². The van der Waals surface area contributed by atoms with Crippen LogP contribution in [0.1, 0.15) is 65.1 Å². The van der Waals surface area contributed by atoms with Gasteiger partial charge in [-0.2, -0.15) is 5.10 Å². The van der Waals surface area contributed by atoms with Gasteiger partial charge in [-0.15, -0.1) is 0 Å². The van der Waals surface area contributed by atoms with Crippen molar-refractivity contribution in [2.24, 2.45) is 0 Å². The van der Waals surface area contributed by atoms with Crippen molar-refractivity contribution >= 4 is 15.7 Å². The molecule has 2 aromatic rings. The molecule has 7 heteroatoms. The second-order valence-corrected chi connectivity index (χ2v) is 10.3. The number of aryl methyl sites for hydroxylation is 2. The van der Waals surface area contributed by atoms with Crippen LogP contribution >= 0.6 is 0 Å². The number of unbranched alkanes of at least 4 members (excludes halogenated alkanes) is 1. The molecule has 0 aliphatic carbocycles. The molecule has 6 nitrogen and oxygen atoms in total. The zero-order valence-corrected chi connectivity index (χ0v) is 18.6. The summed E-state index contributed by atoms with van der Waals surface area (Å²) >= 11 is 0. The van der Waals surface area contributed by atoms with Crippen molar-refractivity contribution in [1.29, 1.82) is 0 Å². The molecule has 1 amide bonds. The van der Waals surface area contributed by atoms with E-state index >= 15 is 0 Å². The van der Waals surface area contributed by atoms with Gasteiger partial charge in [-0.3, -0.25) is 9.48 Å². The van der Waals surface area contributed by atoms with Gasteiger partial charge in [-0.05, 0) is 50.8 Å². The number of hydrogen-bond acceptors (Lipinski definition) is 4. The number of rotatable bonds is 7. The molecule has 1 aliphatic heterocycles. The molecule has 0 saturated carbocycles. The third-order valence-electron chi connectivity index (χ3n) is 5.79. The van der Waals surface area contributed by atoms with Gasteiger partial charge in [0.05, 0.1) is 23.2 Å². The summed E-state index contributed by atoms with van der Waals surface area (Å²) in [6.07, 6.45) is 3.94. The summed E-state index contributed by atoms with van der Waals surface area (Å²) in [4.78, 5) is 14.6. The lowest BCUT2D eigenvalue weighted by atomic mass is 10.1. The van der Waals surface area contributed by atoms with Crippen molar-refractivity contribution < 1.29 is 13.2 Å². The zero-order valence-electron chi connectivity index (χ0n) is 17.8. The smallest absolute Gasteiger partial charge is 0.253 e. The van der Waals surface area contributed by atoms with Crippen molar-refractivity contribution in [3.63, 3.8) is 0 Å². The molecular weight excluding hydrogens is 386 g/mol. The molecule has 3 rings (SSSR count). The van der Waals surface area contributed by atoms with Crippen molar-refractivity contribution in [3.05, 3.63) is 52.3 Å². The Hall–Kier alpha value is -2.15. The molecule has 0 radical (unpaired) electrons. The van der Waals surface area contributed by atoms with Crippen LogP contribution in [-0.2, 0) is 22.8 Å². The number of carbonyl (C=O) groups is 1. The van der Waals surface area contributed by atoms with Crippen LogP contribution in [0, 0.1) is 13.8 Å². The Balaban J connectivity index is 1.72. The third-order valence-corrected chi connectivity index (χ3v) is 7.54. The molecule has 0 unspecified atom stereocenters. The maximum atomic E-state index is 12.9. The van der Waals surface area contributed by atoms with Crippen molar-refractivity contribution in [1.82, 2.24) is 14.7 Å². The van der Waals surface area contributed by atoms with E-state index in [1.807, 2.05) is 42.8 Å². The fourth-order valence-electron chi connectivity index (χ4n) is 3.97. The van der Waals surface area contributed by atoms with Crippen molar-refractivity contribution in [2.75, 3.05) is 18.6 Å². The largest absolute Gasteiger partial charge is 0.337 e. The van der Waals surface area contributed by atoms with Crippen LogP contribution in [-0.4, -0.2) is 47.6 Å². The predicted molar refractivity (Wildman–Crippen MR) is 115 cm³/mol. The highest BCUT2D eigenvalue weighted by molar-refractivity contribution is 7.91. The average Bonchev–Trinajstić information content (AvgIpc) is 3.19. The first-order valence-electron chi connectivity index (χ1n) is 10.3. The summed E-state index contributed by atoms with van der Waals surface area (Å²) in [5, 5.41) is 4.60. The molecule has 1 aliphatic rings. The summed E-state index contributed by atoms with van der Waals surface area (Å²) in [6.45, 7) is 6.50. The molecule has 0 spiro atoms. The molecule has 1 saturated heterocycles. The van der Waals surface area contributed by atoms with Gasteiger partial charge in [0, 0.05) is 30.4 Å². The van der Waals surface area contributed by atoms with Crippen molar-refractivity contribution in [2.45, 2.75) is 59.0 Å². The lowest BCUT2D eigenvalue weighted by Crippen LogP contribution is -2.26. The van der Waals surface area contributed by atoms with Gasteiger partial charge in [0.15, 0.2) is 9.84 Å². The second kappa shape index (κ2) is 8.69. The Morgan fingerprint density at radius 1 is 1.24 bits per heavy atom. The van der Waals surface area contributed by atoms with Gasteiger partial charge in [-0.25, -0.2) is 8.42 Å². The number of nitrogens with zero attached hydrogens (tertiary/aromatic N) is 3. The van der Waals surface area contributed by atoms with Gasteiger partial charge in [0.25, 0.3) is 5.91 Å². The maximum Gasteiger partial charge on any atom is 0.253 e. The minimum atomic E-state index is -2.97. The fraction of sp³-hybridized carbons (Fsp3) is 0.545. The van der Waals surface area contributed by atoms with E-state index in [0.29, 0.717) is 18.5 Å². The summed E-state index contributed by atoms with van der Waals surface area (Å²) < 4.78 is 25.5. The molecule has 0 N–H and O–H groups in total. The maximum absolute atomic E-state index is 12.9. The van der Waals surface area contributed by atoms with Crippen LogP contribution < -0.4 is 0 Å². The first kappa shape index (κ1) is 21.6. The molecule has 29 heavy (non-hydrogen) atoms. The molecule has 1 fully saturated rings. The SMILES string of the molecule is CCCCc1ccc(C(=O)N(C)Cc2c(C)nn([C@H]3CCS(=O)(=O)C3)c2C)cc1. The number of benzene rings is 1. The van der Waals surface area contributed by atoms with Crippen LogP contribution in [0.3, 0.4) is 0 Å². The molecule has 2 heterocycles. The van der Waals surface area contributed by atoms with E-state index in [4.69, 9.17) is 0 Å². The molecule has 1 atom stereocenters. The molecule has 1 aromatic carbocycles. The van der Waals surface area contributed by atoms with Crippen LogP contribution in [0.5, 0.6) is 0 Å². The Morgan fingerprint density at radius 2 is 1.93 bits per heavy atom. The van der Waals surface area contributed by atoms with Gasteiger partial charge in [0.1, 0.15) is 0 Å². The quantitative estimate of drug-likeness (QED) is 0.691. The number of carbonyl (C=O) groups excluding carboxylic acids is 1. The normalized spacial score (nSPS) is 18.1. The number of hydrogen-bond donors (Lipinski definition) is 0. The van der Waals surface area contributed by atoms with Crippen LogP contribution in [0.4, 0.5) is 0 Å². The highest BCUT2D eigenvalue weighted by Crippen LogP contribution is 2.27. The lowest BCUT2D eigenvalue weighted by molar-refractivity contribution is 0.0784. The fourth-order valence-corrected chi connectivity index (χ4v) is 5.67. The average molecular weight is 418 g/mol. The number of amides is 1. The van der Waals surface area contributed by atoms with Crippen molar-refractivity contribution in [3.8, 4) is 0 Å². The predicted octanol–water partition coefficient (Wildman–Crippen LogP) is 3.47. The summed E-state index contributed by atoms with van der Waals surface area (Å²) in [5.41, 5.74) is 4.72. The standard InChI is InChI=1S/C22H31N3O3S/c1-5-6-7-18-8-10-19(11-9-18)22(26)24(4)14-21-16(2)23-25(17(21)3)20-12-13-29(27,28)15-20/h8-11,20H,5-7,12-15H2,1-4H3/t20-/m0/s1. The van der Waals surface area contributed by atoms with Gasteiger partial charge < -0.3 is 4.90 Å². The molecule has 1 aromatic heterocycles. The number of aromatic nitrogens is 2. The van der Waals surface area contributed by atoms with E-state index in [1.54, 1.807) is 11.9 Å². The van der Waals surface area contributed by atoms with Crippen LogP contribution in [0.25, 0.3) is 0 Å². The molecular formula is C22H31N3O3S. The van der Waals surface area contributed by atoms with Crippen LogP contribution in [0.15, 0.2) is 24.3 Å². The monoisotopic (exact) mass is 417 g/mol. The second-order valence-electron chi connectivity index (χ2n) is 8.11. The van der Waals surface area contributed by atoms with E-state index in [9.17, 15) is 13.2 Å². The summed E-state index contributed by atoms with van der Waals surface area (Å²) in [6, 6.07) is 7.76.